The molecule has 7 heteroatoms. The summed E-state index contributed by atoms with van der Waals surface area (Å²) in [7, 11) is 3.29. The maximum absolute atomic E-state index is 5.99. The number of benzene rings is 3. The van der Waals surface area contributed by atoms with Crippen LogP contribution in [0.15, 0.2) is 78.0 Å². The fraction of sp³-hybridized carbons (Fsp3) is 0.240. The fourth-order valence-electron chi connectivity index (χ4n) is 3.39. The predicted octanol–water partition coefficient (Wildman–Crippen LogP) is 5.30. The van der Waals surface area contributed by atoms with Crippen molar-refractivity contribution < 1.29 is 18.9 Å². The molecule has 6 nitrogen and oxygen atoms in total. The monoisotopic (exact) mass is 450 g/mol. The van der Waals surface area contributed by atoms with E-state index in [1.165, 1.54) is 0 Å². The van der Waals surface area contributed by atoms with Crippen LogP contribution in [0.3, 0.4) is 0 Å². The Morgan fingerprint density at radius 3 is 1.94 bits per heavy atom. The first-order chi connectivity index (χ1) is 15.8. The second kappa shape index (κ2) is 10.8. The highest BCUT2D eigenvalue weighted by molar-refractivity contribution is 7.99. The maximum Gasteiger partial charge on any atom is 0.169 e. The van der Waals surface area contributed by atoms with Crippen molar-refractivity contribution in [1.82, 2.24) is 9.55 Å². The quantitative estimate of drug-likeness (QED) is 0.228. The molecule has 0 aliphatic rings. The number of aromatic nitrogens is 2. The molecular weight excluding hydrogens is 424 g/mol. The SMILES string of the molecule is COc1ccccc1OCCSc1nc2ccccc2n1CCOc1ccccc1OC. The molecule has 1 aromatic heterocycles. The largest absolute Gasteiger partial charge is 0.493 e. The number of imidazole rings is 1. The van der Waals surface area contributed by atoms with Gasteiger partial charge >= 0.3 is 0 Å². The highest BCUT2D eigenvalue weighted by Gasteiger charge is 2.12. The van der Waals surface area contributed by atoms with Gasteiger partial charge in [-0.1, -0.05) is 48.2 Å². The van der Waals surface area contributed by atoms with Crippen molar-refractivity contribution in [1.29, 1.82) is 0 Å². The molecule has 4 rings (SSSR count). The highest BCUT2D eigenvalue weighted by Crippen LogP contribution is 2.28. The number of methoxy groups -OCH3 is 2. The minimum Gasteiger partial charge on any atom is -0.493 e. The van der Waals surface area contributed by atoms with Crippen molar-refractivity contribution in [3.63, 3.8) is 0 Å². The van der Waals surface area contributed by atoms with E-state index >= 15 is 0 Å². The van der Waals surface area contributed by atoms with Crippen LogP contribution in [-0.2, 0) is 6.54 Å². The van der Waals surface area contributed by atoms with Gasteiger partial charge in [0, 0.05) is 5.75 Å². The molecule has 0 unspecified atom stereocenters. The maximum atomic E-state index is 5.99. The lowest BCUT2D eigenvalue weighted by Crippen LogP contribution is -2.10. The summed E-state index contributed by atoms with van der Waals surface area (Å²) in [4.78, 5) is 4.82. The van der Waals surface area contributed by atoms with E-state index in [2.05, 4.69) is 10.6 Å². The van der Waals surface area contributed by atoms with Gasteiger partial charge in [-0.2, -0.15) is 0 Å². The van der Waals surface area contributed by atoms with Gasteiger partial charge in [-0.25, -0.2) is 4.98 Å². The van der Waals surface area contributed by atoms with Gasteiger partial charge < -0.3 is 23.5 Å². The molecule has 0 saturated carbocycles. The molecule has 4 aromatic rings. The molecule has 0 atom stereocenters. The standard InChI is InChI=1S/C25H26N2O4S/c1-28-21-11-5-7-13-23(21)30-16-15-27-20-10-4-3-9-19(20)26-25(27)32-18-17-31-24-14-8-6-12-22(24)29-2/h3-14H,15-18H2,1-2H3. The van der Waals surface area contributed by atoms with Crippen molar-refractivity contribution in [2.75, 3.05) is 33.2 Å². The summed E-state index contributed by atoms with van der Waals surface area (Å²) in [5, 5.41) is 0.943. The Hall–Kier alpha value is -3.32. The topological polar surface area (TPSA) is 54.7 Å². The van der Waals surface area contributed by atoms with Crippen molar-refractivity contribution in [3.8, 4) is 23.0 Å². The van der Waals surface area contributed by atoms with Crippen molar-refractivity contribution in [2.45, 2.75) is 11.7 Å². The minimum absolute atomic E-state index is 0.506. The molecule has 0 aliphatic carbocycles. The van der Waals surface area contributed by atoms with Gasteiger partial charge in [-0.3, -0.25) is 0 Å². The van der Waals surface area contributed by atoms with E-state index in [9.17, 15) is 0 Å². The number of thioether (sulfide) groups is 1. The zero-order valence-corrected chi connectivity index (χ0v) is 19.0. The molecule has 0 N–H and O–H groups in total. The average molecular weight is 451 g/mol. The van der Waals surface area contributed by atoms with Crippen LogP contribution in [0.5, 0.6) is 23.0 Å². The Bertz CT molecular complexity index is 1160. The summed E-state index contributed by atoms with van der Waals surface area (Å²) in [6.45, 7) is 1.73. The number of nitrogens with zero attached hydrogens (tertiary/aromatic N) is 2. The van der Waals surface area contributed by atoms with Gasteiger partial charge in [0.25, 0.3) is 0 Å². The molecule has 0 radical (unpaired) electrons. The lowest BCUT2D eigenvalue weighted by atomic mass is 10.3. The molecule has 0 amide bonds. The fourth-order valence-corrected chi connectivity index (χ4v) is 4.24. The van der Waals surface area contributed by atoms with Crippen molar-refractivity contribution >= 4 is 22.8 Å². The summed E-state index contributed by atoms with van der Waals surface area (Å²) in [6, 6.07) is 23.5. The van der Waals surface area contributed by atoms with Gasteiger partial charge in [-0.05, 0) is 36.4 Å². The van der Waals surface area contributed by atoms with Crippen LogP contribution in [0.25, 0.3) is 11.0 Å². The normalized spacial score (nSPS) is 10.8. The second-order valence-electron chi connectivity index (χ2n) is 6.88. The number of fused-ring (bicyclic) bond motifs is 1. The first-order valence-electron chi connectivity index (χ1n) is 10.4. The van der Waals surface area contributed by atoms with Gasteiger partial charge in [0.15, 0.2) is 28.2 Å². The van der Waals surface area contributed by atoms with E-state index in [1.54, 1.807) is 26.0 Å². The number of ether oxygens (including phenoxy) is 4. The van der Waals surface area contributed by atoms with Crippen LogP contribution in [0, 0.1) is 0 Å². The van der Waals surface area contributed by atoms with Gasteiger partial charge in [0.05, 0.1) is 38.4 Å². The van der Waals surface area contributed by atoms with E-state index in [1.807, 2.05) is 66.7 Å². The third-order valence-electron chi connectivity index (χ3n) is 4.90. The van der Waals surface area contributed by atoms with Gasteiger partial charge in [-0.15, -0.1) is 0 Å². The number of hydrogen-bond donors (Lipinski definition) is 0. The van der Waals surface area contributed by atoms with Crippen LogP contribution in [-0.4, -0.2) is 42.7 Å². The van der Waals surface area contributed by atoms with E-state index in [0.29, 0.717) is 19.8 Å². The Morgan fingerprint density at radius 1 is 0.719 bits per heavy atom. The predicted molar refractivity (Wildman–Crippen MR) is 127 cm³/mol. The molecule has 0 aliphatic heterocycles. The molecular formula is C25H26N2O4S. The van der Waals surface area contributed by atoms with Crippen molar-refractivity contribution in [3.05, 3.63) is 72.8 Å². The Balaban J connectivity index is 1.41. The molecule has 32 heavy (non-hydrogen) atoms. The van der Waals surface area contributed by atoms with E-state index < -0.39 is 0 Å². The summed E-state index contributed by atoms with van der Waals surface area (Å²) in [6.07, 6.45) is 0. The second-order valence-corrected chi connectivity index (χ2v) is 7.94. The lowest BCUT2D eigenvalue weighted by molar-refractivity contribution is 0.277. The molecule has 0 bridgehead atoms. The first-order valence-corrected chi connectivity index (χ1v) is 11.4. The zero-order valence-electron chi connectivity index (χ0n) is 18.2. The third-order valence-corrected chi connectivity index (χ3v) is 5.84. The summed E-state index contributed by atoms with van der Waals surface area (Å²) in [5.41, 5.74) is 2.06. The van der Waals surface area contributed by atoms with E-state index in [-0.39, 0.29) is 0 Å². The van der Waals surface area contributed by atoms with Crippen molar-refractivity contribution in [2.24, 2.45) is 0 Å². The van der Waals surface area contributed by atoms with Crippen LogP contribution in [0.1, 0.15) is 0 Å². The number of para-hydroxylation sites is 6. The van der Waals surface area contributed by atoms with E-state index in [0.717, 1.165) is 44.9 Å². The Labute approximate surface area is 192 Å². The molecule has 0 saturated heterocycles. The average Bonchev–Trinajstić information content (AvgIpc) is 3.19. The number of hydrogen-bond acceptors (Lipinski definition) is 6. The first kappa shape index (κ1) is 21.9. The molecule has 3 aromatic carbocycles. The van der Waals surface area contributed by atoms with Gasteiger partial charge in [0.1, 0.15) is 6.61 Å². The number of rotatable bonds is 11. The molecule has 0 spiro atoms. The molecule has 0 fully saturated rings. The summed E-state index contributed by atoms with van der Waals surface area (Å²) in [5.74, 6) is 3.70. The third kappa shape index (κ3) is 5.11. The summed E-state index contributed by atoms with van der Waals surface area (Å²) >= 11 is 1.67. The van der Waals surface area contributed by atoms with Crippen LogP contribution in [0.2, 0.25) is 0 Å². The Morgan fingerprint density at radius 2 is 1.28 bits per heavy atom. The van der Waals surface area contributed by atoms with E-state index in [4.69, 9.17) is 23.9 Å². The van der Waals surface area contributed by atoms with Crippen LogP contribution < -0.4 is 18.9 Å². The smallest absolute Gasteiger partial charge is 0.169 e. The lowest BCUT2D eigenvalue weighted by Gasteiger charge is -2.13. The summed E-state index contributed by atoms with van der Waals surface area (Å²) < 4.78 is 24.8. The highest BCUT2D eigenvalue weighted by atomic mass is 32.2. The molecule has 1 heterocycles. The van der Waals surface area contributed by atoms with Crippen LogP contribution in [0.4, 0.5) is 0 Å². The molecule has 166 valence electrons. The van der Waals surface area contributed by atoms with Crippen LogP contribution >= 0.6 is 11.8 Å². The Kier molecular flexibility index (Phi) is 7.40. The minimum atomic E-state index is 0.506. The zero-order chi connectivity index (χ0) is 22.2. The van der Waals surface area contributed by atoms with Gasteiger partial charge in [0.2, 0.25) is 0 Å².